The molecular formula is C19H21N5O2. The van der Waals surface area contributed by atoms with Gasteiger partial charge in [-0.05, 0) is 32.6 Å². The minimum absolute atomic E-state index is 0.150. The quantitative estimate of drug-likeness (QED) is 0.737. The Morgan fingerprint density at radius 2 is 2.12 bits per heavy atom. The van der Waals surface area contributed by atoms with Crippen molar-refractivity contribution in [3.63, 3.8) is 0 Å². The Labute approximate surface area is 151 Å². The molecule has 2 aromatic heterocycles. The summed E-state index contributed by atoms with van der Waals surface area (Å²) < 4.78 is 7.16. The molecule has 7 nitrogen and oxygen atoms in total. The fraction of sp³-hybridized carbons (Fsp3) is 0.368. The molecule has 1 amide bonds. The number of rotatable bonds is 6. The first kappa shape index (κ1) is 16.5. The number of nitrogens with zero attached hydrogens (tertiary/aromatic N) is 4. The van der Waals surface area contributed by atoms with Gasteiger partial charge < -0.3 is 9.84 Å². The Bertz CT molecular complexity index is 911. The lowest BCUT2D eigenvalue weighted by Crippen LogP contribution is -2.32. The molecule has 1 saturated carbocycles. The minimum Gasteiger partial charge on any atom is -0.360 e. The maximum absolute atomic E-state index is 13.1. The zero-order valence-corrected chi connectivity index (χ0v) is 14.8. The van der Waals surface area contributed by atoms with Crippen LogP contribution < -0.4 is 5.32 Å². The lowest BCUT2D eigenvalue weighted by Gasteiger charge is -2.18. The predicted molar refractivity (Wildman–Crippen MR) is 95.3 cm³/mol. The largest absolute Gasteiger partial charge is 0.360 e. The number of amides is 1. The van der Waals surface area contributed by atoms with Gasteiger partial charge >= 0.3 is 0 Å². The van der Waals surface area contributed by atoms with Gasteiger partial charge in [0.2, 0.25) is 0 Å². The van der Waals surface area contributed by atoms with E-state index in [2.05, 4.69) is 20.6 Å². The smallest absolute Gasteiger partial charge is 0.257 e. The van der Waals surface area contributed by atoms with Crippen molar-refractivity contribution in [2.45, 2.75) is 39.3 Å². The Hall–Kier alpha value is -2.96. The van der Waals surface area contributed by atoms with Gasteiger partial charge in [-0.3, -0.25) is 4.79 Å². The van der Waals surface area contributed by atoms with E-state index in [9.17, 15) is 4.79 Å². The molecule has 1 aliphatic carbocycles. The molecule has 1 aliphatic rings. The maximum Gasteiger partial charge on any atom is 0.257 e. The van der Waals surface area contributed by atoms with Gasteiger partial charge in [0.25, 0.3) is 5.91 Å². The number of carbonyl (C=O) groups excluding carboxylic acids is 1. The normalized spacial score (nSPS) is 15.0. The van der Waals surface area contributed by atoms with Crippen LogP contribution in [0.25, 0.3) is 11.3 Å². The Balaban J connectivity index is 1.65. The second-order valence-corrected chi connectivity index (χ2v) is 6.55. The van der Waals surface area contributed by atoms with Crippen LogP contribution in [0.1, 0.15) is 47.7 Å². The summed E-state index contributed by atoms with van der Waals surface area (Å²) in [5.74, 6) is 1.52. The standard InChI is InChI=1S/C19H21N5O2/c1-3-24-18(20-11-21-24)17(14-9-10-14)22-19(25)15-12(2)26-23-16(15)13-7-5-4-6-8-13/h4-8,11,14,17H,3,9-10H2,1-2H3,(H,22,25)/t17-/m0/s1. The zero-order chi connectivity index (χ0) is 18.1. The molecule has 1 N–H and O–H groups in total. The van der Waals surface area contributed by atoms with E-state index in [-0.39, 0.29) is 11.9 Å². The van der Waals surface area contributed by atoms with E-state index >= 15 is 0 Å². The number of aromatic nitrogens is 4. The van der Waals surface area contributed by atoms with Crippen molar-refractivity contribution in [1.29, 1.82) is 0 Å². The third-order valence-electron chi connectivity index (χ3n) is 4.74. The van der Waals surface area contributed by atoms with Crippen LogP contribution in [0.5, 0.6) is 0 Å². The first-order valence-corrected chi connectivity index (χ1v) is 8.89. The van der Waals surface area contributed by atoms with Crippen molar-refractivity contribution in [3.8, 4) is 11.3 Å². The number of carbonyl (C=O) groups is 1. The van der Waals surface area contributed by atoms with E-state index in [0.29, 0.717) is 22.9 Å². The van der Waals surface area contributed by atoms with Gasteiger partial charge in [-0.1, -0.05) is 35.5 Å². The van der Waals surface area contributed by atoms with Crippen molar-refractivity contribution in [2.24, 2.45) is 5.92 Å². The second kappa shape index (κ2) is 6.74. The molecule has 0 spiro atoms. The van der Waals surface area contributed by atoms with Crippen LogP contribution in [0.3, 0.4) is 0 Å². The van der Waals surface area contributed by atoms with Gasteiger partial charge in [-0.2, -0.15) is 5.10 Å². The topological polar surface area (TPSA) is 85.8 Å². The SMILES string of the molecule is CCn1ncnc1[C@@H](NC(=O)c1c(-c2ccccc2)noc1C)C1CC1. The highest BCUT2D eigenvalue weighted by atomic mass is 16.5. The fourth-order valence-electron chi connectivity index (χ4n) is 3.23. The summed E-state index contributed by atoms with van der Waals surface area (Å²) >= 11 is 0. The van der Waals surface area contributed by atoms with Gasteiger partial charge in [0, 0.05) is 12.1 Å². The molecule has 1 fully saturated rings. The summed E-state index contributed by atoms with van der Waals surface area (Å²) in [6.45, 7) is 4.49. The number of nitrogens with one attached hydrogen (secondary N) is 1. The maximum atomic E-state index is 13.1. The molecule has 0 aliphatic heterocycles. The van der Waals surface area contributed by atoms with E-state index in [4.69, 9.17) is 4.52 Å². The van der Waals surface area contributed by atoms with Crippen molar-refractivity contribution in [1.82, 2.24) is 25.2 Å². The van der Waals surface area contributed by atoms with E-state index in [0.717, 1.165) is 30.8 Å². The highest BCUT2D eigenvalue weighted by molar-refractivity contribution is 6.01. The second-order valence-electron chi connectivity index (χ2n) is 6.55. The molecule has 1 aromatic carbocycles. The van der Waals surface area contributed by atoms with E-state index in [1.165, 1.54) is 0 Å². The summed E-state index contributed by atoms with van der Waals surface area (Å²) in [6, 6.07) is 9.44. The van der Waals surface area contributed by atoms with E-state index in [1.54, 1.807) is 13.3 Å². The molecule has 1 atom stereocenters. The van der Waals surface area contributed by atoms with Crippen LogP contribution in [0.2, 0.25) is 0 Å². The third-order valence-corrected chi connectivity index (χ3v) is 4.74. The highest BCUT2D eigenvalue weighted by Crippen LogP contribution is 2.40. The number of hydrogen-bond acceptors (Lipinski definition) is 5. The van der Waals surface area contributed by atoms with E-state index in [1.807, 2.05) is 41.9 Å². The van der Waals surface area contributed by atoms with Crippen LogP contribution in [0.15, 0.2) is 41.2 Å². The third kappa shape index (κ3) is 3.00. The molecule has 134 valence electrons. The fourth-order valence-corrected chi connectivity index (χ4v) is 3.23. The van der Waals surface area contributed by atoms with Gasteiger partial charge in [-0.25, -0.2) is 9.67 Å². The average Bonchev–Trinajstić information content (AvgIpc) is 3.26. The number of aryl methyl sites for hydroxylation is 2. The van der Waals surface area contributed by atoms with Crippen molar-refractivity contribution in [3.05, 3.63) is 53.8 Å². The lowest BCUT2D eigenvalue weighted by atomic mass is 10.0. The molecule has 0 unspecified atom stereocenters. The van der Waals surface area contributed by atoms with E-state index < -0.39 is 0 Å². The zero-order valence-electron chi connectivity index (χ0n) is 14.8. The first-order valence-electron chi connectivity index (χ1n) is 8.89. The van der Waals surface area contributed by atoms with Crippen LogP contribution in [-0.4, -0.2) is 25.8 Å². The van der Waals surface area contributed by atoms with Crippen LogP contribution >= 0.6 is 0 Å². The molecule has 0 radical (unpaired) electrons. The Morgan fingerprint density at radius 3 is 2.81 bits per heavy atom. The predicted octanol–water partition coefficient (Wildman–Crippen LogP) is 3.14. The lowest BCUT2D eigenvalue weighted by molar-refractivity contribution is 0.0927. The first-order chi connectivity index (χ1) is 12.7. The Morgan fingerprint density at radius 1 is 1.35 bits per heavy atom. The van der Waals surface area contributed by atoms with Crippen molar-refractivity contribution >= 4 is 5.91 Å². The van der Waals surface area contributed by atoms with Crippen LogP contribution in [0, 0.1) is 12.8 Å². The molecule has 26 heavy (non-hydrogen) atoms. The summed E-state index contributed by atoms with van der Waals surface area (Å²) in [4.78, 5) is 17.5. The monoisotopic (exact) mass is 351 g/mol. The summed E-state index contributed by atoms with van der Waals surface area (Å²) in [7, 11) is 0. The highest BCUT2D eigenvalue weighted by Gasteiger charge is 2.37. The van der Waals surface area contributed by atoms with Crippen molar-refractivity contribution < 1.29 is 9.32 Å². The molecule has 4 rings (SSSR count). The van der Waals surface area contributed by atoms with Crippen molar-refractivity contribution in [2.75, 3.05) is 0 Å². The number of hydrogen-bond donors (Lipinski definition) is 1. The summed E-state index contributed by atoms with van der Waals surface area (Å²) in [5, 5.41) is 11.5. The molecule has 0 bridgehead atoms. The molecule has 7 heteroatoms. The summed E-state index contributed by atoms with van der Waals surface area (Å²) in [6.07, 6.45) is 3.70. The Kier molecular flexibility index (Phi) is 4.28. The van der Waals surface area contributed by atoms with Gasteiger partial charge in [0.05, 0.1) is 6.04 Å². The number of benzene rings is 1. The van der Waals surface area contributed by atoms with Gasteiger partial charge in [-0.15, -0.1) is 0 Å². The van der Waals surface area contributed by atoms with Gasteiger partial charge in [0.1, 0.15) is 29.2 Å². The molecule has 2 heterocycles. The average molecular weight is 351 g/mol. The molecule has 3 aromatic rings. The van der Waals surface area contributed by atoms with Crippen LogP contribution in [0.4, 0.5) is 0 Å². The molecule has 0 saturated heterocycles. The van der Waals surface area contributed by atoms with Crippen LogP contribution in [-0.2, 0) is 6.54 Å². The molecular weight excluding hydrogens is 330 g/mol. The van der Waals surface area contributed by atoms with Gasteiger partial charge in [0.15, 0.2) is 0 Å². The summed E-state index contributed by atoms with van der Waals surface area (Å²) in [5.41, 5.74) is 1.89. The minimum atomic E-state index is -0.190.